The van der Waals surface area contributed by atoms with E-state index in [2.05, 4.69) is 12.2 Å². The number of benzene rings is 1. The van der Waals surface area contributed by atoms with Gasteiger partial charge >= 0.3 is 0 Å². The van der Waals surface area contributed by atoms with Crippen LogP contribution >= 0.6 is 0 Å². The molecule has 4 heteroatoms. The lowest BCUT2D eigenvalue weighted by Crippen LogP contribution is -2.30. The summed E-state index contributed by atoms with van der Waals surface area (Å²) in [5, 5.41) is 3.52. The number of nitrogens with one attached hydrogen (secondary N) is 1. The molecule has 0 radical (unpaired) electrons. The van der Waals surface area contributed by atoms with Crippen LogP contribution in [0, 0.1) is 11.7 Å². The predicted octanol–water partition coefficient (Wildman–Crippen LogP) is 4.58. The molecular weight excluding hydrogens is 267 g/mol. The van der Waals surface area contributed by atoms with E-state index in [9.17, 15) is 4.39 Å². The van der Waals surface area contributed by atoms with Crippen molar-refractivity contribution >= 4 is 11.4 Å². The monoisotopic (exact) mass is 294 g/mol. The number of anilines is 2. The van der Waals surface area contributed by atoms with Crippen molar-refractivity contribution in [2.45, 2.75) is 58.4 Å². The van der Waals surface area contributed by atoms with Crippen LogP contribution in [-0.4, -0.2) is 12.6 Å². The Morgan fingerprint density at radius 2 is 2.00 bits per heavy atom. The zero-order valence-corrected chi connectivity index (χ0v) is 13.1. The Morgan fingerprint density at radius 1 is 1.29 bits per heavy atom. The molecule has 0 aromatic heterocycles. The Bertz CT molecular complexity index is 458. The standard InChI is InChI=1S/C17H27FN2O/c1-3-15(12-8-6-5-7-9-12)20-16-11-17(21-4-2)13(18)10-14(16)19/h10-12,15,20H,3-9,19H2,1-2H3. The maximum atomic E-state index is 13.8. The lowest BCUT2D eigenvalue weighted by molar-refractivity contribution is 0.312. The second-order valence-electron chi connectivity index (χ2n) is 5.86. The van der Waals surface area contributed by atoms with Crippen LogP contribution in [0.1, 0.15) is 52.4 Å². The molecule has 1 saturated carbocycles. The molecule has 3 N–H and O–H groups in total. The first-order valence-electron chi connectivity index (χ1n) is 8.14. The minimum absolute atomic E-state index is 0.271. The highest BCUT2D eigenvalue weighted by Crippen LogP contribution is 2.33. The second kappa shape index (κ2) is 7.53. The topological polar surface area (TPSA) is 47.3 Å². The fourth-order valence-corrected chi connectivity index (χ4v) is 3.25. The maximum Gasteiger partial charge on any atom is 0.167 e. The molecule has 1 aromatic rings. The van der Waals surface area contributed by atoms with E-state index in [4.69, 9.17) is 10.5 Å². The molecule has 1 atom stereocenters. The summed E-state index contributed by atoms with van der Waals surface area (Å²) in [6.45, 7) is 4.48. The number of hydrogen-bond acceptors (Lipinski definition) is 3. The molecule has 1 unspecified atom stereocenters. The van der Waals surface area contributed by atoms with Crippen molar-refractivity contribution in [2.24, 2.45) is 5.92 Å². The number of hydrogen-bond donors (Lipinski definition) is 2. The average Bonchev–Trinajstić information content (AvgIpc) is 2.50. The van der Waals surface area contributed by atoms with Gasteiger partial charge in [-0.05, 0) is 32.1 Å². The fourth-order valence-electron chi connectivity index (χ4n) is 3.25. The molecule has 1 aliphatic carbocycles. The summed E-state index contributed by atoms with van der Waals surface area (Å²) in [5.41, 5.74) is 7.20. The highest BCUT2D eigenvalue weighted by molar-refractivity contribution is 5.69. The largest absolute Gasteiger partial charge is 0.491 e. The Labute approximate surface area is 127 Å². The molecule has 0 amide bonds. The zero-order valence-electron chi connectivity index (χ0n) is 13.1. The predicted molar refractivity (Wildman–Crippen MR) is 86.3 cm³/mol. The third-order valence-electron chi connectivity index (χ3n) is 4.40. The van der Waals surface area contributed by atoms with Gasteiger partial charge in [-0.1, -0.05) is 26.2 Å². The maximum absolute atomic E-state index is 13.8. The summed E-state index contributed by atoms with van der Waals surface area (Å²) < 4.78 is 19.1. The van der Waals surface area contributed by atoms with E-state index in [1.165, 1.54) is 38.2 Å². The third kappa shape index (κ3) is 4.02. The van der Waals surface area contributed by atoms with Crippen LogP contribution in [0.2, 0.25) is 0 Å². The van der Waals surface area contributed by atoms with Crippen LogP contribution in [-0.2, 0) is 0 Å². The van der Waals surface area contributed by atoms with Crippen molar-refractivity contribution in [3.8, 4) is 5.75 Å². The molecular formula is C17H27FN2O. The second-order valence-corrected chi connectivity index (χ2v) is 5.86. The van der Waals surface area contributed by atoms with Gasteiger partial charge in [0.25, 0.3) is 0 Å². The van der Waals surface area contributed by atoms with Crippen molar-refractivity contribution in [1.29, 1.82) is 0 Å². The summed E-state index contributed by atoms with van der Waals surface area (Å²) in [7, 11) is 0. The van der Waals surface area contributed by atoms with E-state index in [1.54, 1.807) is 6.07 Å². The SMILES string of the molecule is CCOc1cc(NC(CC)C2CCCCC2)c(N)cc1F. The van der Waals surface area contributed by atoms with Gasteiger partial charge in [0.1, 0.15) is 0 Å². The molecule has 3 nitrogen and oxygen atoms in total. The fraction of sp³-hybridized carbons (Fsp3) is 0.647. The number of nitrogens with two attached hydrogens (primary N) is 1. The molecule has 2 rings (SSSR count). The lowest BCUT2D eigenvalue weighted by atomic mass is 9.83. The normalized spacial score (nSPS) is 17.5. The smallest absolute Gasteiger partial charge is 0.167 e. The van der Waals surface area contributed by atoms with Gasteiger partial charge in [-0.3, -0.25) is 0 Å². The minimum Gasteiger partial charge on any atom is -0.491 e. The van der Waals surface area contributed by atoms with Gasteiger partial charge in [-0.25, -0.2) is 4.39 Å². The highest BCUT2D eigenvalue weighted by Gasteiger charge is 2.23. The van der Waals surface area contributed by atoms with Crippen LogP contribution in [0.25, 0.3) is 0 Å². The Balaban J connectivity index is 2.14. The van der Waals surface area contributed by atoms with Gasteiger partial charge in [-0.2, -0.15) is 0 Å². The van der Waals surface area contributed by atoms with Gasteiger partial charge in [0.15, 0.2) is 11.6 Å². The molecule has 1 fully saturated rings. The molecule has 0 aliphatic heterocycles. The summed E-state index contributed by atoms with van der Waals surface area (Å²) in [6.07, 6.45) is 7.55. The zero-order chi connectivity index (χ0) is 15.2. The van der Waals surface area contributed by atoms with Crippen LogP contribution in [0.5, 0.6) is 5.75 Å². The highest BCUT2D eigenvalue weighted by atomic mass is 19.1. The summed E-state index contributed by atoms with van der Waals surface area (Å²) >= 11 is 0. The summed E-state index contributed by atoms with van der Waals surface area (Å²) in [6, 6.07) is 3.44. The van der Waals surface area contributed by atoms with E-state index in [-0.39, 0.29) is 5.75 Å². The van der Waals surface area contributed by atoms with Crippen molar-refractivity contribution in [2.75, 3.05) is 17.7 Å². The van der Waals surface area contributed by atoms with Gasteiger partial charge in [0.2, 0.25) is 0 Å². The number of halogens is 1. The van der Waals surface area contributed by atoms with Crippen LogP contribution < -0.4 is 15.8 Å². The Morgan fingerprint density at radius 3 is 2.62 bits per heavy atom. The van der Waals surface area contributed by atoms with Crippen LogP contribution in [0.15, 0.2) is 12.1 Å². The third-order valence-corrected chi connectivity index (χ3v) is 4.40. The van der Waals surface area contributed by atoms with Gasteiger partial charge in [0, 0.05) is 18.2 Å². The molecule has 0 heterocycles. The van der Waals surface area contributed by atoms with Gasteiger partial charge in [-0.15, -0.1) is 0 Å². The van der Waals surface area contributed by atoms with E-state index < -0.39 is 5.82 Å². The van der Waals surface area contributed by atoms with E-state index in [0.717, 1.165) is 12.1 Å². The number of ether oxygens (including phenoxy) is 1. The van der Waals surface area contributed by atoms with Crippen molar-refractivity contribution < 1.29 is 9.13 Å². The van der Waals surface area contributed by atoms with Gasteiger partial charge < -0.3 is 15.8 Å². The molecule has 0 saturated heterocycles. The molecule has 1 aliphatic rings. The number of nitrogen functional groups attached to an aromatic ring is 1. The van der Waals surface area contributed by atoms with Crippen molar-refractivity contribution in [3.63, 3.8) is 0 Å². The molecule has 1 aromatic carbocycles. The molecule has 118 valence electrons. The lowest BCUT2D eigenvalue weighted by Gasteiger charge is -2.31. The Hall–Kier alpha value is -1.45. The van der Waals surface area contributed by atoms with Crippen LogP contribution in [0.4, 0.5) is 15.8 Å². The quantitative estimate of drug-likeness (QED) is 0.755. The van der Waals surface area contributed by atoms with E-state index in [0.29, 0.717) is 24.3 Å². The first-order chi connectivity index (χ1) is 10.2. The van der Waals surface area contributed by atoms with Crippen molar-refractivity contribution in [1.82, 2.24) is 0 Å². The Kier molecular flexibility index (Phi) is 5.71. The molecule has 0 spiro atoms. The summed E-state index contributed by atoms with van der Waals surface area (Å²) in [5.74, 6) is 0.557. The van der Waals surface area contributed by atoms with Crippen molar-refractivity contribution in [3.05, 3.63) is 17.9 Å². The molecule has 21 heavy (non-hydrogen) atoms. The minimum atomic E-state index is -0.398. The first-order valence-corrected chi connectivity index (χ1v) is 8.14. The average molecular weight is 294 g/mol. The number of rotatable bonds is 6. The van der Waals surface area contributed by atoms with Crippen LogP contribution in [0.3, 0.4) is 0 Å². The molecule has 0 bridgehead atoms. The van der Waals surface area contributed by atoms with Gasteiger partial charge in [0.05, 0.1) is 18.0 Å². The van der Waals surface area contributed by atoms with E-state index >= 15 is 0 Å². The van der Waals surface area contributed by atoms with E-state index in [1.807, 2.05) is 6.92 Å². The first kappa shape index (κ1) is 15.9. The summed E-state index contributed by atoms with van der Waals surface area (Å²) in [4.78, 5) is 0.